The van der Waals surface area contributed by atoms with Crippen LogP contribution in [0, 0.1) is 0 Å². The molecule has 1 aliphatic heterocycles. The van der Waals surface area contributed by atoms with Crippen LogP contribution in [-0.4, -0.2) is 62.3 Å². The minimum absolute atomic E-state index is 0.0603. The molecule has 1 saturated heterocycles. The van der Waals surface area contributed by atoms with Gasteiger partial charge in [-0.1, -0.05) is 18.2 Å². The number of anilines is 1. The van der Waals surface area contributed by atoms with Gasteiger partial charge in [-0.3, -0.25) is 4.79 Å². The summed E-state index contributed by atoms with van der Waals surface area (Å²) in [5.74, 6) is 0.126. The first-order valence-electron chi connectivity index (χ1n) is 10.8. The first-order chi connectivity index (χ1) is 14.9. The highest BCUT2D eigenvalue weighted by atomic mass is 32.2. The number of nitrogens with zero attached hydrogens (tertiary/aromatic N) is 4. The zero-order valence-electron chi connectivity index (χ0n) is 18.0. The largest absolute Gasteiger partial charge is 0.598 e. The Labute approximate surface area is 185 Å². The lowest BCUT2D eigenvalue weighted by molar-refractivity contribution is 0.0119. The lowest BCUT2D eigenvalue weighted by Gasteiger charge is -2.37. The van der Waals surface area contributed by atoms with Crippen LogP contribution in [0.25, 0.3) is 5.69 Å². The van der Waals surface area contributed by atoms with Crippen LogP contribution in [0.15, 0.2) is 41.3 Å². The van der Waals surface area contributed by atoms with E-state index in [1.807, 2.05) is 41.3 Å². The SMILES string of the molecule is CC(C)[S+]([O-])N1CCN(c2cnn(-c3ccccc3)c(=O)c2OCC2(F)CCC2)CC1. The fourth-order valence-electron chi connectivity index (χ4n) is 3.86. The average Bonchev–Trinajstić information content (AvgIpc) is 2.77. The molecule has 2 fully saturated rings. The van der Waals surface area contributed by atoms with Crippen molar-refractivity contribution in [2.75, 3.05) is 37.7 Å². The molecule has 1 aromatic carbocycles. The summed E-state index contributed by atoms with van der Waals surface area (Å²) in [5, 5.41) is 4.42. The summed E-state index contributed by atoms with van der Waals surface area (Å²) in [7, 11) is 0. The molecule has 0 radical (unpaired) electrons. The van der Waals surface area contributed by atoms with Crippen LogP contribution < -0.4 is 15.2 Å². The molecule has 1 saturated carbocycles. The lowest BCUT2D eigenvalue weighted by Crippen LogP contribution is -2.51. The minimum Gasteiger partial charge on any atom is -0.598 e. The molecule has 2 heterocycles. The molecule has 168 valence electrons. The molecule has 1 unspecified atom stereocenters. The number of alkyl halides is 1. The number of para-hydroxylation sites is 1. The Morgan fingerprint density at radius 1 is 1.19 bits per heavy atom. The van der Waals surface area contributed by atoms with E-state index in [1.165, 1.54) is 4.68 Å². The molecule has 7 nitrogen and oxygen atoms in total. The first kappa shape index (κ1) is 22.1. The summed E-state index contributed by atoms with van der Waals surface area (Å²) < 4.78 is 36.1. The number of rotatable bonds is 7. The topological polar surface area (TPSA) is 73.7 Å². The maximum Gasteiger partial charge on any atom is 0.316 e. The van der Waals surface area contributed by atoms with Gasteiger partial charge in [0.05, 0.1) is 25.0 Å². The summed E-state index contributed by atoms with van der Waals surface area (Å²) in [4.78, 5) is 15.3. The van der Waals surface area contributed by atoms with Gasteiger partial charge in [-0.2, -0.15) is 9.78 Å². The van der Waals surface area contributed by atoms with Gasteiger partial charge in [-0.25, -0.2) is 4.39 Å². The fraction of sp³-hybridized carbons (Fsp3) is 0.545. The molecule has 2 aliphatic rings. The van der Waals surface area contributed by atoms with Gasteiger partial charge in [0.15, 0.2) is 0 Å². The van der Waals surface area contributed by atoms with Gasteiger partial charge >= 0.3 is 5.56 Å². The van der Waals surface area contributed by atoms with E-state index < -0.39 is 22.6 Å². The smallest absolute Gasteiger partial charge is 0.316 e. The van der Waals surface area contributed by atoms with Gasteiger partial charge in [0.25, 0.3) is 0 Å². The number of hydrogen-bond donors (Lipinski definition) is 0. The number of halogens is 1. The van der Waals surface area contributed by atoms with E-state index in [9.17, 15) is 13.7 Å². The minimum atomic E-state index is -1.36. The van der Waals surface area contributed by atoms with Crippen LogP contribution in [0.5, 0.6) is 5.75 Å². The van der Waals surface area contributed by atoms with Crippen molar-refractivity contribution in [3.8, 4) is 11.4 Å². The Morgan fingerprint density at radius 3 is 2.45 bits per heavy atom. The van der Waals surface area contributed by atoms with Gasteiger partial charge in [0, 0.05) is 24.5 Å². The molecule has 0 amide bonds. The second kappa shape index (κ2) is 9.18. The van der Waals surface area contributed by atoms with Crippen LogP contribution in [0.1, 0.15) is 33.1 Å². The van der Waals surface area contributed by atoms with E-state index >= 15 is 0 Å². The number of hydrogen-bond acceptors (Lipinski definition) is 6. The van der Waals surface area contributed by atoms with Gasteiger partial charge in [0.1, 0.15) is 23.2 Å². The van der Waals surface area contributed by atoms with E-state index in [0.717, 1.165) is 6.42 Å². The summed E-state index contributed by atoms with van der Waals surface area (Å²) >= 11 is -1.03. The highest BCUT2D eigenvalue weighted by molar-refractivity contribution is 7.89. The number of benzene rings is 1. The fourth-order valence-corrected chi connectivity index (χ4v) is 4.98. The molecule has 4 rings (SSSR count). The second-order valence-corrected chi connectivity index (χ2v) is 10.5. The summed E-state index contributed by atoms with van der Waals surface area (Å²) in [6.45, 7) is 6.14. The maximum atomic E-state index is 14.6. The Bertz CT molecular complexity index is 944. The van der Waals surface area contributed by atoms with Crippen molar-refractivity contribution in [2.24, 2.45) is 0 Å². The standard InChI is InChI=1S/C22H29FN4O3S/c1-17(2)31(29)26-13-11-25(12-14-26)19-15-24-27(18-7-4-3-5-8-18)21(28)20(19)30-16-22(23)9-6-10-22/h3-5,7-8,15,17H,6,9-14,16H2,1-2H3. The maximum absolute atomic E-state index is 14.6. The van der Waals surface area contributed by atoms with Crippen LogP contribution in [-0.2, 0) is 11.4 Å². The molecular formula is C22H29FN4O3S. The molecule has 0 N–H and O–H groups in total. The molecule has 9 heteroatoms. The Balaban J connectivity index is 1.60. The van der Waals surface area contributed by atoms with E-state index in [0.29, 0.717) is 50.4 Å². The second-order valence-electron chi connectivity index (χ2n) is 8.45. The van der Waals surface area contributed by atoms with Gasteiger partial charge < -0.3 is 14.2 Å². The highest BCUT2D eigenvalue weighted by Gasteiger charge is 2.39. The average molecular weight is 449 g/mol. The summed E-state index contributed by atoms with van der Waals surface area (Å²) in [6.07, 6.45) is 3.37. The quantitative estimate of drug-likeness (QED) is 0.607. The Kier molecular flexibility index (Phi) is 6.55. The van der Waals surface area contributed by atoms with Crippen molar-refractivity contribution in [1.82, 2.24) is 14.1 Å². The predicted octanol–water partition coefficient (Wildman–Crippen LogP) is 2.70. The summed E-state index contributed by atoms with van der Waals surface area (Å²) in [5.41, 5.74) is -0.577. The molecule has 1 aliphatic carbocycles. The number of ether oxygens (including phenoxy) is 1. The lowest BCUT2D eigenvalue weighted by atomic mass is 9.83. The van der Waals surface area contributed by atoms with Crippen molar-refractivity contribution in [3.05, 3.63) is 46.9 Å². The molecule has 0 bridgehead atoms. The third kappa shape index (κ3) is 4.73. The van der Waals surface area contributed by atoms with Crippen molar-refractivity contribution >= 4 is 17.0 Å². The predicted molar refractivity (Wildman–Crippen MR) is 120 cm³/mol. The monoisotopic (exact) mass is 448 g/mol. The van der Waals surface area contributed by atoms with Crippen LogP contribution in [0.2, 0.25) is 0 Å². The zero-order valence-corrected chi connectivity index (χ0v) is 18.8. The molecule has 31 heavy (non-hydrogen) atoms. The van der Waals surface area contributed by atoms with Gasteiger partial charge in [-0.15, -0.1) is 4.31 Å². The van der Waals surface area contributed by atoms with Crippen molar-refractivity contribution in [3.63, 3.8) is 0 Å². The van der Waals surface area contributed by atoms with Gasteiger partial charge in [0.2, 0.25) is 5.75 Å². The van der Waals surface area contributed by atoms with Crippen LogP contribution >= 0.6 is 0 Å². The highest BCUT2D eigenvalue weighted by Crippen LogP contribution is 2.37. The third-order valence-electron chi connectivity index (χ3n) is 5.88. The van der Waals surface area contributed by atoms with Gasteiger partial charge in [-0.05, 0) is 45.2 Å². The normalized spacial score (nSPS) is 19.8. The molecule has 0 spiro atoms. The number of aromatic nitrogens is 2. The number of piperazine rings is 1. The van der Waals surface area contributed by atoms with E-state index in [-0.39, 0.29) is 17.6 Å². The van der Waals surface area contributed by atoms with E-state index in [2.05, 4.69) is 5.10 Å². The molecular weight excluding hydrogens is 419 g/mol. The van der Waals surface area contributed by atoms with E-state index in [4.69, 9.17) is 4.74 Å². The molecule has 1 atom stereocenters. The molecule has 2 aromatic rings. The Hall–Kier alpha value is -2.10. The van der Waals surface area contributed by atoms with Crippen LogP contribution in [0.4, 0.5) is 10.1 Å². The van der Waals surface area contributed by atoms with Crippen molar-refractivity contribution in [1.29, 1.82) is 0 Å². The molecule has 1 aromatic heterocycles. The van der Waals surface area contributed by atoms with Crippen molar-refractivity contribution < 1.29 is 13.7 Å². The van der Waals surface area contributed by atoms with Crippen molar-refractivity contribution in [2.45, 2.75) is 44.0 Å². The van der Waals surface area contributed by atoms with Crippen LogP contribution in [0.3, 0.4) is 0 Å². The first-order valence-corrected chi connectivity index (χ1v) is 11.9. The Morgan fingerprint density at radius 2 is 1.87 bits per heavy atom. The zero-order chi connectivity index (χ0) is 22.0. The third-order valence-corrected chi connectivity index (χ3v) is 7.56. The summed E-state index contributed by atoms with van der Waals surface area (Å²) in [6, 6.07) is 9.11. The van der Waals surface area contributed by atoms with E-state index in [1.54, 1.807) is 18.3 Å².